The summed E-state index contributed by atoms with van der Waals surface area (Å²) in [6, 6.07) is 4.35. The van der Waals surface area contributed by atoms with Gasteiger partial charge in [0, 0.05) is 0 Å². The highest BCUT2D eigenvalue weighted by Gasteiger charge is 2.14. The van der Waals surface area contributed by atoms with Gasteiger partial charge in [-0.3, -0.25) is 10.1 Å². The third kappa shape index (κ3) is 4.97. The fourth-order valence-electron chi connectivity index (χ4n) is 1.49. The number of hydrogen-bond donors (Lipinski definition) is 1. The predicted octanol–water partition coefficient (Wildman–Crippen LogP) is 1.13. The largest absolute Gasteiger partial charge is 0.493 e. The zero-order valence-corrected chi connectivity index (χ0v) is 12.5. The number of rotatable bonds is 6. The van der Waals surface area contributed by atoms with Crippen LogP contribution in [0.4, 0.5) is 4.79 Å². The highest BCUT2D eigenvalue weighted by atomic mass is 16.6. The van der Waals surface area contributed by atoms with Gasteiger partial charge in [0.1, 0.15) is 0 Å². The van der Waals surface area contributed by atoms with Gasteiger partial charge < -0.3 is 18.9 Å². The molecule has 0 radical (unpaired) electrons. The van der Waals surface area contributed by atoms with Gasteiger partial charge in [0.2, 0.25) is 0 Å². The molecule has 1 aromatic carbocycles. The van der Waals surface area contributed by atoms with Crippen LogP contribution in [0.3, 0.4) is 0 Å². The molecule has 0 saturated heterocycles. The molecule has 1 aromatic rings. The quantitative estimate of drug-likeness (QED) is 0.786. The van der Waals surface area contributed by atoms with Crippen molar-refractivity contribution in [2.75, 3.05) is 27.4 Å². The lowest BCUT2D eigenvalue weighted by atomic mass is 10.2. The third-order valence-corrected chi connectivity index (χ3v) is 2.46. The van der Waals surface area contributed by atoms with Crippen LogP contribution in [0.1, 0.15) is 17.3 Å². The fraction of sp³-hybridized carbons (Fsp3) is 0.357. The highest BCUT2D eigenvalue weighted by molar-refractivity contribution is 5.92. The standard InChI is InChI=1S/C14H17NO7/c1-4-21-14(18)15-12(16)8-22-10-6-5-9(13(17)20-3)7-11(10)19-2/h5-7H,4,8H2,1-3H3,(H,15,16,18). The Labute approximate surface area is 127 Å². The van der Waals surface area contributed by atoms with Crippen LogP contribution in [-0.2, 0) is 14.3 Å². The summed E-state index contributed by atoms with van der Waals surface area (Å²) < 4.78 is 19.5. The van der Waals surface area contributed by atoms with Crippen LogP contribution in [0.25, 0.3) is 0 Å². The van der Waals surface area contributed by atoms with Gasteiger partial charge in [-0.15, -0.1) is 0 Å². The van der Waals surface area contributed by atoms with E-state index in [1.54, 1.807) is 6.92 Å². The molecular formula is C14H17NO7. The van der Waals surface area contributed by atoms with Crippen LogP contribution < -0.4 is 14.8 Å². The molecule has 8 nitrogen and oxygen atoms in total. The average molecular weight is 311 g/mol. The molecule has 0 atom stereocenters. The number of alkyl carbamates (subject to hydrolysis) is 1. The number of ether oxygens (including phenoxy) is 4. The van der Waals surface area contributed by atoms with Gasteiger partial charge in [0.15, 0.2) is 18.1 Å². The smallest absolute Gasteiger partial charge is 0.413 e. The van der Waals surface area contributed by atoms with Gasteiger partial charge in [0.05, 0.1) is 26.4 Å². The third-order valence-electron chi connectivity index (χ3n) is 2.46. The van der Waals surface area contributed by atoms with Gasteiger partial charge in [-0.05, 0) is 25.1 Å². The first-order valence-corrected chi connectivity index (χ1v) is 6.37. The summed E-state index contributed by atoms with van der Waals surface area (Å²) in [5, 5.41) is 1.99. The van der Waals surface area contributed by atoms with Crippen LogP contribution in [0.2, 0.25) is 0 Å². The summed E-state index contributed by atoms with van der Waals surface area (Å²) in [5.74, 6) is -0.691. The Kier molecular flexibility index (Phi) is 6.68. The molecule has 0 spiro atoms. The number of carbonyl (C=O) groups is 3. The van der Waals surface area contributed by atoms with Crippen molar-refractivity contribution in [3.63, 3.8) is 0 Å². The molecule has 0 aliphatic rings. The molecular weight excluding hydrogens is 294 g/mol. The number of hydrogen-bond acceptors (Lipinski definition) is 7. The Balaban J connectivity index is 2.67. The molecule has 0 aliphatic carbocycles. The van der Waals surface area contributed by atoms with Crippen molar-refractivity contribution in [3.05, 3.63) is 23.8 Å². The maximum Gasteiger partial charge on any atom is 0.413 e. The van der Waals surface area contributed by atoms with Gasteiger partial charge in [0.25, 0.3) is 5.91 Å². The summed E-state index contributed by atoms with van der Waals surface area (Å²) in [7, 11) is 2.65. The van der Waals surface area contributed by atoms with Crippen molar-refractivity contribution < 1.29 is 33.3 Å². The number of imide groups is 1. The van der Waals surface area contributed by atoms with Gasteiger partial charge in [-0.25, -0.2) is 9.59 Å². The Morgan fingerprint density at radius 1 is 1.14 bits per heavy atom. The van der Waals surface area contributed by atoms with Crippen molar-refractivity contribution in [3.8, 4) is 11.5 Å². The topological polar surface area (TPSA) is 100 Å². The normalized spacial score (nSPS) is 9.59. The number of carbonyl (C=O) groups excluding carboxylic acids is 3. The minimum atomic E-state index is -0.843. The summed E-state index contributed by atoms with van der Waals surface area (Å²) in [5.41, 5.74) is 0.280. The lowest BCUT2D eigenvalue weighted by Gasteiger charge is -2.11. The second-order valence-corrected chi connectivity index (χ2v) is 3.91. The molecule has 8 heteroatoms. The molecule has 120 valence electrons. The highest BCUT2D eigenvalue weighted by Crippen LogP contribution is 2.28. The van der Waals surface area contributed by atoms with E-state index in [0.29, 0.717) is 0 Å². The summed E-state index contributed by atoms with van der Waals surface area (Å²) in [6.45, 7) is 1.36. The predicted molar refractivity (Wildman–Crippen MR) is 75.0 cm³/mol. The second kappa shape index (κ2) is 8.50. The molecule has 0 heterocycles. The SMILES string of the molecule is CCOC(=O)NC(=O)COc1ccc(C(=O)OC)cc1OC. The van der Waals surface area contributed by atoms with Crippen molar-refractivity contribution in [1.82, 2.24) is 5.32 Å². The minimum absolute atomic E-state index is 0.156. The van der Waals surface area contributed by atoms with Gasteiger partial charge >= 0.3 is 12.1 Å². The molecule has 22 heavy (non-hydrogen) atoms. The van der Waals surface area contributed by atoms with E-state index in [0.717, 1.165) is 0 Å². The number of benzene rings is 1. The Bertz CT molecular complexity index is 556. The fourth-order valence-corrected chi connectivity index (χ4v) is 1.49. The lowest BCUT2D eigenvalue weighted by molar-refractivity contribution is -0.122. The van der Waals surface area contributed by atoms with E-state index in [9.17, 15) is 14.4 Å². The Morgan fingerprint density at radius 2 is 1.86 bits per heavy atom. The molecule has 0 fully saturated rings. The first kappa shape index (κ1) is 17.3. The number of methoxy groups -OCH3 is 2. The first-order valence-electron chi connectivity index (χ1n) is 6.37. The minimum Gasteiger partial charge on any atom is -0.493 e. The van der Waals surface area contributed by atoms with Crippen LogP contribution >= 0.6 is 0 Å². The molecule has 1 N–H and O–H groups in total. The van der Waals surface area contributed by atoms with Crippen molar-refractivity contribution in [1.29, 1.82) is 0 Å². The van der Waals surface area contributed by atoms with E-state index in [1.165, 1.54) is 32.4 Å². The Hall–Kier alpha value is -2.77. The van der Waals surface area contributed by atoms with E-state index >= 15 is 0 Å². The van der Waals surface area contributed by atoms with E-state index < -0.39 is 24.6 Å². The van der Waals surface area contributed by atoms with Crippen LogP contribution in [0.15, 0.2) is 18.2 Å². The summed E-state index contributed by atoms with van der Waals surface area (Å²) >= 11 is 0. The Morgan fingerprint density at radius 3 is 2.45 bits per heavy atom. The zero-order valence-electron chi connectivity index (χ0n) is 12.5. The van der Waals surface area contributed by atoms with Crippen molar-refractivity contribution in [2.45, 2.75) is 6.92 Å². The zero-order chi connectivity index (χ0) is 16.5. The van der Waals surface area contributed by atoms with Crippen molar-refractivity contribution >= 4 is 18.0 Å². The number of esters is 1. The molecule has 0 aliphatic heterocycles. The van der Waals surface area contributed by atoms with E-state index in [4.69, 9.17) is 9.47 Å². The van der Waals surface area contributed by atoms with E-state index in [2.05, 4.69) is 9.47 Å². The average Bonchev–Trinajstić information content (AvgIpc) is 2.52. The molecule has 2 amide bonds. The van der Waals surface area contributed by atoms with Crippen LogP contribution in [0.5, 0.6) is 11.5 Å². The monoisotopic (exact) mass is 311 g/mol. The first-order chi connectivity index (χ1) is 10.5. The molecule has 0 aromatic heterocycles. The van der Waals surface area contributed by atoms with Crippen molar-refractivity contribution in [2.24, 2.45) is 0 Å². The van der Waals surface area contributed by atoms with Crippen LogP contribution in [0, 0.1) is 0 Å². The summed E-state index contributed by atoms with van der Waals surface area (Å²) in [6.07, 6.45) is -0.843. The number of amides is 2. The lowest BCUT2D eigenvalue weighted by Crippen LogP contribution is -2.34. The van der Waals surface area contributed by atoms with Crippen LogP contribution in [-0.4, -0.2) is 45.4 Å². The summed E-state index contributed by atoms with van der Waals surface area (Å²) in [4.78, 5) is 33.9. The molecule has 0 bridgehead atoms. The molecule has 0 unspecified atom stereocenters. The number of nitrogens with one attached hydrogen (secondary N) is 1. The molecule has 1 rings (SSSR count). The molecule has 0 saturated carbocycles. The van der Waals surface area contributed by atoms with E-state index in [1.807, 2.05) is 5.32 Å². The van der Waals surface area contributed by atoms with Gasteiger partial charge in [-0.1, -0.05) is 0 Å². The van der Waals surface area contributed by atoms with E-state index in [-0.39, 0.29) is 23.7 Å². The maximum atomic E-state index is 11.5. The second-order valence-electron chi connectivity index (χ2n) is 3.91. The maximum absolute atomic E-state index is 11.5. The van der Waals surface area contributed by atoms with Gasteiger partial charge in [-0.2, -0.15) is 0 Å².